The molecule has 0 fully saturated rings. The molecule has 148 valence electrons. The molecule has 1 aromatic carbocycles. The predicted molar refractivity (Wildman–Crippen MR) is 114 cm³/mol. The van der Waals surface area contributed by atoms with Gasteiger partial charge in [-0.15, -0.1) is 0 Å². The molecule has 0 aliphatic carbocycles. The number of pyridine rings is 1. The molecule has 0 amide bonds. The molecule has 0 spiro atoms. The summed E-state index contributed by atoms with van der Waals surface area (Å²) in [6, 6.07) is 12.2. The number of guanidine groups is 1. The van der Waals surface area contributed by atoms with Crippen LogP contribution >= 0.6 is 0 Å². The molecule has 1 unspecified atom stereocenters. The minimum absolute atomic E-state index is 0.0294. The first kappa shape index (κ1) is 19.7. The molecule has 6 heteroatoms. The maximum atomic E-state index is 5.95. The second kappa shape index (κ2) is 9.26. The first-order valence-electron chi connectivity index (χ1n) is 9.66. The van der Waals surface area contributed by atoms with E-state index in [1.807, 2.05) is 37.4 Å². The van der Waals surface area contributed by atoms with Crippen molar-refractivity contribution in [1.82, 2.24) is 20.0 Å². The minimum Gasteiger partial charge on any atom is -0.489 e. The summed E-state index contributed by atoms with van der Waals surface area (Å²) in [5.74, 6) is 1.65. The Labute approximate surface area is 166 Å². The summed E-state index contributed by atoms with van der Waals surface area (Å²) >= 11 is 0. The lowest BCUT2D eigenvalue weighted by atomic mass is 10.2. The van der Waals surface area contributed by atoms with Crippen molar-refractivity contribution in [2.24, 2.45) is 4.99 Å². The monoisotopic (exact) mass is 379 g/mol. The summed E-state index contributed by atoms with van der Waals surface area (Å²) in [4.78, 5) is 8.99. The van der Waals surface area contributed by atoms with E-state index in [4.69, 9.17) is 9.72 Å². The predicted octanol–water partition coefficient (Wildman–Crippen LogP) is 3.13. The first-order valence-corrected chi connectivity index (χ1v) is 9.66. The van der Waals surface area contributed by atoms with E-state index in [2.05, 4.69) is 52.2 Å². The number of imidazole rings is 1. The molecule has 2 aromatic heterocycles. The van der Waals surface area contributed by atoms with Crippen molar-refractivity contribution in [2.75, 3.05) is 20.1 Å². The van der Waals surface area contributed by atoms with E-state index in [0.29, 0.717) is 6.54 Å². The van der Waals surface area contributed by atoms with Crippen molar-refractivity contribution < 1.29 is 4.74 Å². The minimum atomic E-state index is 0.0294. The largest absolute Gasteiger partial charge is 0.489 e. The highest BCUT2D eigenvalue weighted by molar-refractivity contribution is 5.79. The molecule has 3 aromatic rings. The van der Waals surface area contributed by atoms with Gasteiger partial charge in [0, 0.05) is 32.4 Å². The van der Waals surface area contributed by atoms with Crippen LogP contribution in [0.25, 0.3) is 5.65 Å². The molecule has 3 rings (SSSR count). The lowest BCUT2D eigenvalue weighted by molar-refractivity contribution is 0.223. The SMILES string of the molecule is CN=C(NCCc1cn2cccc(C)c2n1)NCC(C)Oc1cccc(C)c1. The highest BCUT2D eigenvalue weighted by Gasteiger charge is 2.07. The van der Waals surface area contributed by atoms with Crippen LogP contribution in [0.4, 0.5) is 0 Å². The quantitative estimate of drug-likeness (QED) is 0.489. The van der Waals surface area contributed by atoms with Gasteiger partial charge in [-0.1, -0.05) is 18.2 Å². The van der Waals surface area contributed by atoms with Gasteiger partial charge in [0.1, 0.15) is 17.5 Å². The van der Waals surface area contributed by atoms with Gasteiger partial charge in [0.2, 0.25) is 0 Å². The summed E-state index contributed by atoms with van der Waals surface area (Å²) in [6.07, 6.45) is 4.97. The van der Waals surface area contributed by atoms with Crippen LogP contribution < -0.4 is 15.4 Å². The fraction of sp³-hybridized carbons (Fsp3) is 0.364. The molecule has 2 heterocycles. The number of nitrogens with one attached hydrogen (secondary N) is 2. The smallest absolute Gasteiger partial charge is 0.191 e. The van der Waals surface area contributed by atoms with Gasteiger partial charge < -0.3 is 19.8 Å². The fourth-order valence-corrected chi connectivity index (χ4v) is 3.06. The van der Waals surface area contributed by atoms with Crippen molar-refractivity contribution in [3.05, 3.63) is 65.6 Å². The normalized spacial score (nSPS) is 12.8. The third-order valence-electron chi connectivity index (χ3n) is 4.51. The Morgan fingerprint density at radius 3 is 2.82 bits per heavy atom. The third kappa shape index (κ3) is 5.25. The number of ether oxygens (including phenoxy) is 1. The van der Waals surface area contributed by atoms with Crippen molar-refractivity contribution >= 4 is 11.6 Å². The van der Waals surface area contributed by atoms with Gasteiger partial charge in [-0.3, -0.25) is 4.99 Å². The van der Waals surface area contributed by atoms with Gasteiger partial charge >= 0.3 is 0 Å². The van der Waals surface area contributed by atoms with E-state index in [-0.39, 0.29) is 6.10 Å². The van der Waals surface area contributed by atoms with E-state index < -0.39 is 0 Å². The molecule has 0 saturated heterocycles. The molecule has 0 bridgehead atoms. The maximum Gasteiger partial charge on any atom is 0.191 e. The van der Waals surface area contributed by atoms with Crippen LogP contribution in [-0.2, 0) is 6.42 Å². The summed E-state index contributed by atoms with van der Waals surface area (Å²) in [6.45, 7) is 7.61. The van der Waals surface area contributed by atoms with Gasteiger partial charge in [-0.2, -0.15) is 0 Å². The average molecular weight is 380 g/mol. The van der Waals surface area contributed by atoms with Crippen molar-refractivity contribution in [3.63, 3.8) is 0 Å². The molecule has 1 atom stereocenters. The lowest BCUT2D eigenvalue weighted by Gasteiger charge is -2.18. The fourth-order valence-electron chi connectivity index (χ4n) is 3.06. The number of aliphatic imine (C=N–C) groups is 1. The van der Waals surface area contributed by atoms with Crippen LogP contribution in [0.5, 0.6) is 5.75 Å². The molecule has 0 aliphatic rings. The molecular weight excluding hydrogens is 350 g/mol. The summed E-state index contributed by atoms with van der Waals surface area (Å²) in [5, 5.41) is 6.65. The zero-order valence-corrected chi connectivity index (χ0v) is 17.1. The molecule has 0 saturated carbocycles. The van der Waals surface area contributed by atoms with E-state index in [0.717, 1.165) is 36.0 Å². The number of aromatic nitrogens is 2. The van der Waals surface area contributed by atoms with Gasteiger partial charge in [0.05, 0.1) is 12.2 Å². The average Bonchev–Trinajstić information content (AvgIpc) is 3.09. The van der Waals surface area contributed by atoms with Crippen molar-refractivity contribution in [2.45, 2.75) is 33.3 Å². The number of benzene rings is 1. The zero-order valence-electron chi connectivity index (χ0n) is 17.1. The van der Waals surface area contributed by atoms with Crippen LogP contribution in [0, 0.1) is 13.8 Å². The van der Waals surface area contributed by atoms with Gasteiger partial charge in [-0.25, -0.2) is 4.98 Å². The second-order valence-electron chi connectivity index (χ2n) is 7.03. The van der Waals surface area contributed by atoms with Crippen molar-refractivity contribution in [1.29, 1.82) is 0 Å². The Morgan fingerprint density at radius 1 is 1.21 bits per heavy atom. The number of rotatable bonds is 7. The van der Waals surface area contributed by atoms with E-state index in [1.165, 1.54) is 11.1 Å². The number of fused-ring (bicyclic) bond motifs is 1. The van der Waals surface area contributed by atoms with Gasteiger partial charge in [-0.05, 0) is 50.1 Å². The van der Waals surface area contributed by atoms with Crippen LogP contribution in [0.3, 0.4) is 0 Å². The van der Waals surface area contributed by atoms with Crippen molar-refractivity contribution in [3.8, 4) is 5.75 Å². The summed E-state index contributed by atoms with van der Waals surface area (Å²) in [5.41, 5.74) is 4.45. The highest BCUT2D eigenvalue weighted by Crippen LogP contribution is 2.14. The van der Waals surface area contributed by atoms with Crippen LogP contribution in [0.15, 0.2) is 53.8 Å². The Kier molecular flexibility index (Phi) is 6.53. The standard InChI is InChI=1S/C22H29N5O/c1-16-7-5-9-20(13-16)28-18(3)14-25-22(23-4)24-11-10-19-15-27-12-6-8-17(2)21(27)26-19/h5-9,12-13,15,18H,10-11,14H2,1-4H3,(H2,23,24,25). The topological polar surface area (TPSA) is 63.0 Å². The van der Waals surface area contributed by atoms with Gasteiger partial charge in [0.15, 0.2) is 5.96 Å². The van der Waals surface area contributed by atoms with Gasteiger partial charge in [0.25, 0.3) is 0 Å². The Balaban J connectivity index is 1.44. The van der Waals surface area contributed by atoms with E-state index in [1.54, 1.807) is 7.05 Å². The number of nitrogens with zero attached hydrogens (tertiary/aromatic N) is 3. The molecule has 2 N–H and O–H groups in total. The Bertz CT molecular complexity index is 947. The third-order valence-corrected chi connectivity index (χ3v) is 4.51. The number of aryl methyl sites for hydroxylation is 2. The number of hydrogen-bond donors (Lipinski definition) is 2. The first-order chi connectivity index (χ1) is 13.5. The molecular formula is C22H29N5O. The van der Waals surface area contributed by atoms with E-state index in [9.17, 15) is 0 Å². The lowest BCUT2D eigenvalue weighted by Crippen LogP contribution is -2.42. The molecule has 0 radical (unpaired) electrons. The Hall–Kier alpha value is -3.02. The molecule has 28 heavy (non-hydrogen) atoms. The van der Waals surface area contributed by atoms with E-state index >= 15 is 0 Å². The maximum absolute atomic E-state index is 5.95. The highest BCUT2D eigenvalue weighted by atomic mass is 16.5. The molecule has 6 nitrogen and oxygen atoms in total. The second-order valence-corrected chi connectivity index (χ2v) is 7.03. The summed E-state index contributed by atoms with van der Waals surface area (Å²) in [7, 11) is 1.77. The zero-order chi connectivity index (χ0) is 19.9. The molecule has 0 aliphatic heterocycles. The summed E-state index contributed by atoms with van der Waals surface area (Å²) < 4.78 is 8.02. The van der Waals surface area contributed by atoms with Crippen LogP contribution in [0.2, 0.25) is 0 Å². The Morgan fingerprint density at radius 2 is 2.07 bits per heavy atom. The number of hydrogen-bond acceptors (Lipinski definition) is 3. The van der Waals surface area contributed by atoms with Crippen LogP contribution in [-0.4, -0.2) is 41.6 Å². The van der Waals surface area contributed by atoms with Crippen LogP contribution in [0.1, 0.15) is 23.7 Å².